The van der Waals surface area contributed by atoms with Gasteiger partial charge in [0.2, 0.25) is 0 Å². The lowest BCUT2D eigenvalue weighted by atomic mass is 10.00. The Morgan fingerprint density at radius 3 is 2.63 bits per heavy atom. The van der Waals surface area contributed by atoms with Crippen molar-refractivity contribution in [2.24, 2.45) is 0 Å². The highest BCUT2D eigenvalue weighted by Gasteiger charge is 2.05. The Kier molecular flexibility index (Phi) is 4.45. The van der Waals surface area contributed by atoms with Crippen LogP contribution in [0.2, 0.25) is 0 Å². The van der Waals surface area contributed by atoms with Crippen molar-refractivity contribution in [1.82, 2.24) is 4.98 Å². The Bertz CT molecular complexity index is 561. The molecule has 0 fully saturated rings. The van der Waals surface area contributed by atoms with Crippen LogP contribution in [0, 0.1) is 13.8 Å². The molecule has 1 aromatic heterocycles. The Hall–Kier alpha value is -1.96. The maximum Gasteiger partial charge on any atom is 0.137 e. The van der Waals surface area contributed by atoms with Crippen molar-refractivity contribution in [1.29, 1.82) is 0 Å². The minimum Gasteiger partial charge on any atom is -0.299 e. The molecule has 0 bridgehead atoms. The summed E-state index contributed by atoms with van der Waals surface area (Å²) in [5, 5.41) is 0. The Morgan fingerprint density at radius 1 is 1.11 bits per heavy atom. The molecule has 0 amide bonds. The van der Waals surface area contributed by atoms with Gasteiger partial charge in [-0.05, 0) is 48.6 Å². The Morgan fingerprint density at radius 2 is 1.95 bits per heavy atom. The number of benzene rings is 1. The molecule has 0 radical (unpaired) electrons. The van der Waals surface area contributed by atoms with E-state index in [0.29, 0.717) is 12.8 Å². The summed E-state index contributed by atoms with van der Waals surface area (Å²) in [4.78, 5) is 16.0. The smallest absolute Gasteiger partial charge is 0.137 e. The highest BCUT2D eigenvalue weighted by atomic mass is 16.1. The van der Waals surface area contributed by atoms with Gasteiger partial charge in [0.05, 0.1) is 0 Å². The number of Topliss-reactive ketones (excluding diaryl/α,β-unsaturated/α-hetero) is 1. The zero-order valence-corrected chi connectivity index (χ0v) is 11.5. The van der Waals surface area contributed by atoms with E-state index in [1.807, 2.05) is 24.4 Å². The number of aromatic nitrogens is 1. The van der Waals surface area contributed by atoms with Gasteiger partial charge in [-0.25, -0.2) is 0 Å². The van der Waals surface area contributed by atoms with E-state index in [1.165, 1.54) is 11.1 Å². The highest BCUT2D eigenvalue weighted by molar-refractivity contribution is 5.81. The summed E-state index contributed by atoms with van der Waals surface area (Å²) < 4.78 is 0. The first-order valence-corrected chi connectivity index (χ1v) is 6.62. The molecular weight excluding hydrogens is 234 g/mol. The molecule has 2 nitrogen and oxygen atoms in total. The number of nitrogens with zero attached hydrogens (tertiary/aromatic N) is 1. The van der Waals surface area contributed by atoms with Gasteiger partial charge < -0.3 is 0 Å². The van der Waals surface area contributed by atoms with E-state index in [0.717, 1.165) is 17.5 Å². The summed E-state index contributed by atoms with van der Waals surface area (Å²) in [6, 6.07) is 10.2. The van der Waals surface area contributed by atoms with Crippen molar-refractivity contribution < 1.29 is 4.79 Å². The molecule has 0 atom stereocenters. The first-order valence-electron chi connectivity index (χ1n) is 6.62. The molecule has 0 aliphatic carbocycles. The molecule has 0 spiro atoms. The van der Waals surface area contributed by atoms with Gasteiger partial charge in [-0.1, -0.05) is 24.3 Å². The van der Waals surface area contributed by atoms with Gasteiger partial charge in [-0.2, -0.15) is 0 Å². The standard InChI is InChI=1S/C17H19NO/c1-13-5-6-16(10-14(13)2)11-17(19)8-7-15-4-3-9-18-12-15/h3-6,9-10,12H,7-8,11H2,1-2H3. The molecule has 1 heterocycles. The van der Waals surface area contributed by atoms with Crippen LogP contribution in [-0.4, -0.2) is 10.8 Å². The highest BCUT2D eigenvalue weighted by Crippen LogP contribution is 2.12. The van der Waals surface area contributed by atoms with Crippen molar-refractivity contribution in [3.63, 3.8) is 0 Å². The number of aryl methyl sites for hydroxylation is 3. The summed E-state index contributed by atoms with van der Waals surface area (Å²) in [6.45, 7) is 4.17. The number of carbonyl (C=O) groups is 1. The normalized spacial score (nSPS) is 10.4. The SMILES string of the molecule is Cc1ccc(CC(=O)CCc2cccnc2)cc1C. The molecule has 2 heteroatoms. The van der Waals surface area contributed by atoms with Crippen molar-refractivity contribution in [3.05, 3.63) is 65.0 Å². The summed E-state index contributed by atoms with van der Waals surface area (Å²) in [7, 11) is 0. The largest absolute Gasteiger partial charge is 0.299 e. The second-order valence-electron chi connectivity index (χ2n) is 5.00. The van der Waals surface area contributed by atoms with Crippen LogP contribution in [0.5, 0.6) is 0 Å². The third kappa shape index (κ3) is 4.02. The zero-order valence-electron chi connectivity index (χ0n) is 11.5. The van der Waals surface area contributed by atoms with Gasteiger partial charge in [0.15, 0.2) is 0 Å². The average molecular weight is 253 g/mol. The van der Waals surface area contributed by atoms with Gasteiger partial charge in [0.25, 0.3) is 0 Å². The number of rotatable bonds is 5. The van der Waals surface area contributed by atoms with Crippen LogP contribution in [0.15, 0.2) is 42.7 Å². The third-order valence-electron chi connectivity index (χ3n) is 3.39. The van der Waals surface area contributed by atoms with Crippen molar-refractivity contribution in [3.8, 4) is 0 Å². The lowest BCUT2D eigenvalue weighted by molar-refractivity contribution is -0.118. The molecule has 0 unspecified atom stereocenters. The number of pyridine rings is 1. The number of carbonyl (C=O) groups excluding carboxylic acids is 1. The fourth-order valence-electron chi connectivity index (χ4n) is 2.06. The van der Waals surface area contributed by atoms with E-state index < -0.39 is 0 Å². The van der Waals surface area contributed by atoms with Crippen molar-refractivity contribution in [2.45, 2.75) is 33.1 Å². The molecule has 0 aliphatic rings. The molecule has 98 valence electrons. The van der Waals surface area contributed by atoms with E-state index in [4.69, 9.17) is 0 Å². The minimum absolute atomic E-state index is 0.284. The van der Waals surface area contributed by atoms with Crippen LogP contribution >= 0.6 is 0 Å². The molecule has 19 heavy (non-hydrogen) atoms. The molecule has 0 N–H and O–H groups in total. The van der Waals surface area contributed by atoms with E-state index >= 15 is 0 Å². The lowest BCUT2D eigenvalue weighted by Crippen LogP contribution is -2.05. The molecular formula is C17H19NO. The molecule has 0 saturated heterocycles. The second-order valence-corrected chi connectivity index (χ2v) is 5.00. The summed E-state index contributed by atoms with van der Waals surface area (Å²) in [5.74, 6) is 0.284. The van der Waals surface area contributed by atoms with Gasteiger partial charge in [-0.15, -0.1) is 0 Å². The van der Waals surface area contributed by atoms with Crippen molar-refractivity contribution >= 4 is 5.78 Å². The summed E-state index contributed by atoms with van der Waals surface area (Å²) >= 11 is 0. The Labute approximate surface area is 114 Å². The lowest BCUT2D eigenvalue weighted by Gasteiger charge is -2.05. The quantitative estimate of drug-likeness (QED) is 0.817. The van der Waals surface area contributed by atoms with Crippen LogP contribution in [0.4, 0.5) is 0 Å². The van der Waals surface area contributed by atoms with E-state index in [1.54, 1.807) is 6.20 Å². The van der Waals surface area contributed by atoms with Gasteiger partial charge in [0.1, 0.15) is 5.78 Å². The average Bonchev–Trinajstić information content (AvgIpc) is 2.42. The maximum atomic E-state index is 12.0. The predicted molar refractivity (Wildman–Crippen MR) is 77.2 cm³/mol. The number of hydrogen-bond acceptors (Lipinski definition) is 2. The monoisotopic (exact) mass is 253 g/mol. The number of ketones is 1. The van der Waals surface area contributed by atoms with Crippen LogP contribution in [0.25, 0.3) is 0 Å². The van der Waals surface area contributed by atoms with Gasteiger partial charge in [-0.3, -0.25) is 9.78 Å². The van der Waals surface area contributed by atoms with Gasteiger partial charge in [0, 0.05) is 25.2 Å². The topological polar surface area (TPSA) is 30.0 Å². The summed E-state index contributed by atoms with van der Waals surface area (Å²) in [6.07, 6.45) is 5.46. The minimum atomic E-state index is 0.284. The zero-order chi connectivity index (χ0) is 13.7. The summed E-state index contributed by atoms with van der Waals surface area (Å²) in [5.41, 5.74) is 4.75. The molecule has 0 aliphatic heterocycles. The third-order valence-corrected chi connectivity index (χ3v) is 3.39. The van der Waals surface area contributed by atoms with E-state index in [2.05, 4.69) is 31.0 Å². The molecule has 2 aromatic rings. The fraction of sp³-hybridized carbons (Fsp3) is 0.294. The Balaban J connectivity index is 1.89. The van der Waals surface area contributed by atoms with Gasteiger partial charge >= 0.3 is 0 Å². The first kappa shape index (κ1) is 13.5. The van der Waals surface area contributed by atoms with E-state index in [-0.39, 0.29) is 5.78 Å². The maximum absolute atomic E-state index is 12.0. The van der Waals surface area contributed by atoms with Crippen LogP contribution in [0.1, 0.15) is 28.7 Å². The number of hydrogen-bond donors (Lipinski definition) is 0. The van der Waals surface area contributed by atoms with Crippen LogP contribution in [-0.2, 0) is 17.6 Å². The first-order chi connectivity index (χ1) is 9.15. The second kappa shape index (κ2) is 6.28. The van der Waals surface area contributed by atoms with Crippen LogP contribution < -0.4 is 0 Å². The molecule has 2 rings (SSSR count). The predicted octanol–water partition coefficient (Wildman–Crippen LogP) is 3.44. The van der Waals surface area contributed by atoms with E-state index in [9.17, 15) is 4.79 Å². The molecule has 1 aromatic carbocycles. The van der Waals surface area contributed by atoms with Crippen molar-refractivity contribution in [2.75, 3.05) is 0 Å². The molecule has 0 saturated carbocycles. The fourth-order valence-corrected chi connectivity index (χ4v) is 2.06. The van der Waals surface area contributed by atoms with Crippen LogP contribution in [0.3, 0.4) is 0 Å².